The van der Waals surface area contributed by atoms with Crippen LogP contribution < -0.4 is 5.43 Å². The maximum absolute atomic E-state index is 13.6. The second-order valence-electron chi connectivity index (χ2n) is 7.71. The van der Waals surface area contributed by atoms with Crippen molar-refractivity contribution in [2.24, 2.45) is 7.05 Å². The molecule has 0 saturated carbocycles. The number of carbonyl (C=O) groups is 2. The van der Waals surface area contributed by atoms with E-state index in [2.05, 4.69) is 5.43 Å². The second kappa shape index (κ2) is 9.28. The van der Waals surface area contributed by atoms with Crippen LogP contribution in [0.2, 0.25) is 0 Å². The lowest BCUT2D eigenvalue weighted by molar-refractivity contribution is -0.121. The molecule has 174 valence electrons. The maximum atomic E-state index is 13.6. The van der Waals surface area contributed by atoms with Gasteiger partial charge in [-0.25, -0.2) is 9.80 Å². The molecule has 0 unspecified atom stereocenters. The number of furan rings is 1. The van der Waals surface area contributed by atoms with Gasteiger partial charge < -0.3 is 14.1 Å². The molecule has 35 heavy (non-hydrogen) atoms. The number of anilines is 1. The van der Waals surface area contributed by atoms with Crippen LogP contribution in [0.15, 0.2) is 88.2 Å². The fraction of sp³-hybridized carbons (Fsp3) is 0.0385. The summed E-state index contributed by atoms with van der Waals surface area (Å²) in [6.45, 7) is 0. The van der Waals surface area contributed by atoms with Crippen LogP contribution in [0.5, 0.6) is 0 Å². The smallest absolute Gasteiger partial charge is 0.337 e. The minimum absolute atomic E-state index is 0.0220. The van der Waals surface area contributed by atoms with E-state index in [1.807, 2.05) is 41.9 Å². The van der Waals surface area contributed by atoms with E-state index >= 15 is 0 Å². The van der Waals surface area contributed by atoms with Crippen LogP contribution in [-0.2, 0) is 11.8 Å². The predicted molar refractivity (Wildman–Crippen MR) is 143 cm³/mol. The molecule has 5 rings (SSSR count). The van der Waals surface area contributed by atoms with Gasteiger partial charge in [0.1, 0.15) is 5.76 Å². The molecule has 0 spiro atoms. The number of carboxylic acid groups (broad SMARTS) is 1. The molecule has 0 atom stereocenters. The van der Waals surface area contributed by atoms with Gasteiger partial charge in [-0.2, -0.15) is 0 Å². The Labute approximate surface area is 210 Å². The fourth-order valence-corrected chi connectivity index (χ4v) is 4.70. The van der Waals surface area contributed by atoms with Crippen molar-refractivity contribution >= 4 is 73.9 Å². The molecule has 0 saturated heterocycles. The number of fused-ring (bicyclic) bond motifs is 3. The van der Waals surface area contributed by atoms with Gasteiger partial charge in [-0.1, -0.05) is 60.4 Å². The van der Waals surface area contributed by atoms with Crippen LogP contribution in [-0.4, -0.2) is 30.9 Å². The summed E-state index contributed by atoms with van der Waals surface area (Å²) in [5.74, 6) is -1.06. The first-order chi connectivity index (χ1) is 16.9. The molecular formula is C26H19N3O4S2. The first-order valence-electron chi connectivity index (χ1n) is 10.6. The Bertz CT molecular complexity index is 1590. The van der Waals surface area contributed by atoms with Crippen molar-refractivity contribution in [1.82, 2.24) is 9.58 Å². The van der Waals surface area contributed by atoms with E-state index in [4.69, 9.17) is 16.6 Å². The third-order valence-electron chi connectivity index (χ3n) is 5.56. The molecule has 9 heteroatoms. The van der Waals surface area contributed by atoms with Crippen molar-refractivity contribution in [3.63, 3.8) is 0 Å². The van der Waals surface area contributed by atoms with Crippen LogP contribution in [0.3, 0.4) is 0 Å². The number of thioether (sulfide) groups is 1. The predicted octanol–water partition coefficient (Wildman–Crippen LogP) is 5.96. The maximum Gasteiger partial charge on any atom is 0.337 e. The SMILES string of the molecule is Cn1c2ccccc2c2oc(C=C3C=CC=CSC(=S)N(Nc4ccccc4C(=O)O)C3=O)cc21. The van der Waals surface area contributed by atoms with Crippen molar-refractivity contribution in [1.29, 1.82) is 0 Å². The van der Waals surface area contributed by atoms with Crippen molar-refractivity contribution in [2.45, 2.75) is 0 Å². The normalized spacial score (nSPS) is 15.6. The van der Waals surface area contributed by atoms with E-state index in [9.17, 15) is 14.7 Å². The first-order valence-corrected chi connectivity index (χ1v) is 11.9. The van der Waals surface area contributed by atoms with Gasteiger partial charge in [-0.05, 0) is 41.8 Å². The van der Waals surface area contributed by atoms with Gasteiger partial charge in [-0.3, -0.25) is 10.2 Å². The molecule has 0 radical (unpaired) electrons. The van der Waals surface area contributed by atoms with Crippen LogP contribution in [0.1, 0.15) is 16.1 Å². The largest absolute Gasteiger partial charge is 0.478 e. The molecule has 2 aromatic heterocycles. The highest BCUT2D eigenvalue weighted by Gasteiger charge is 2.24. The number of carboxylic acids is 1. The molecule has 3 heterocycles. The van der Waals surface area contributed by atoms with Gasteiger partial charge in [0.15, 0.2) is 9.90 Å². The number of aromatic carboxylic acids is 1. The van der Waals surface area contributed by atoms with Gasteiger partial charge in [-0.15, -0.1) is 0 Å². The number of para-hydroxylation sites is 2. The zero-order chi connectivity index (χ0) is 24.5. The van der Waals surface area contributed by atoms with E-state index in [0.717, 1.165) is 22.0 Å². The topological polar surface area (TPSA) is 87.7 Å². The number of aryl methyl sites for hydroxylation is 1. The number of nitrogens with zero attached hydrogens (tertiary/aromatic N) is 2. The fourth-order valence-electron chi connectivity index (χ4n) is 3.89. The Kier molecular flexibility index (Phi) is 6.02. The summed E-state index contributed by atoms with van der Waals surface area (Å²) in [4.78, 5) is 25.3. The van der Waals surface area contributed by atoms with Crippen LogP contribution in [0, 0.1) is 0 Å². The van der Waals surface area contributed by atoms with Gasteiger partial charge in [0.25, 0.3) is 5.91 Å². The molecule has 0 fully saturated rings. The minimum atomic E-state index is -1.12. The molecule has 0 aliphatic carbocycles. The molecule has 1 aliphatic rings. The summed E-state index contributed by atoms with van der Waals surface area (Å²) >= 11 is 6.64. The number of hydrazine groups is 1. The zero-order valence-corrected chi connectivity index (χ0v) is 20.1. The number of nitrogens with one attached hydrogen (secondary N) is 1. The lowest BCUT2D eigenvalue weighted by Crippen LogP contribution is -2.39. The highest BCUT2D eigenvalue weighted by molar-refractivity contribution is 8.24. The molecule has 2 N–H and O–H groups in total. The standard InChI is InChI=1S/C26H19N3O4S2/c1-28-21-12-5-3-10-19(21)23-22(28)15-17(33-23)14-16-8-6-7-13-35-26(34)29(24(16)30)27-20-11-4-2-9-18(20)25(31)32/h2-15,27H,1H3,(H,31,32). The number of hydrogen-bond acceptors (Lipinski definition) is 6. The number of aromatic nitrogens is 1. The molecular weight excluding hydrogens is 482 g/mol. The van der Waals surface area contributed by atoms with E-state index in [-0.39, 0.29) is 15.6 Å². The van der Waals surface area contributed by atoms with E-state index in [1.54, 1.807) is 47.9 Å². The average Bonchev–Trinajstić information content (AvgIpc) is 3.40. The summed E-state index contributed by atoms with van der Waals surface area (Å²) in [6.07, 6.45) is 6.83. The summed E-state index contributed by atoms with van der Waals surface area (Å²) < 4.78 is 8.39. The van der Waals surface area contributed by atoms with E-state index in [0.29, 0.717) is 11.3 Å². The Hall–Kier alpha value is -4.08. The third-order valence-corrected chi connectivity index (χ3v) is 6.71. The van der Waals surface area contributed by atoms with E-state index in [1.165, 1.54) is 22.8 Å². The van der Waals surface area contributed by atoms with E-state index < -0.39 is 11.9 Å². The van der Waals surface area contributed by atoms with Gasteiger partial charge in [0.05, 0.1) is 22.3 Å². The van der Waals surface area contributed by atoms with Crippen LogP contribution in [0.25, 0.3) is 28.1 Å². The zero-order valence-electron chi connectivity index (χ0n) is 18.5. The summed E-state index contributed by atoms with van der Waals surface area (Å²) in [6, 6.07) is 16.2. The summed E-state index contributed by atoms with van der Waals surface area (Å²) in [5.41, 5.74) is 6.18. The Balaban J connectivity index is 1.56. The number of carbonyl (C=O) groups excluding carboxylic acids is 1. The summed E-state index contributed by atoms with van der Waals surface area (Å²) in [5, 5.41) is 13.4. The van der Waals surface area contributed by atoms with Crippen molar-refractivity contribution < 1.29 is 19.1 Å². The molecule has 1 amide bonds. The Morgan fingerprint density at radius 2 is 1.89 bits per heavy atom. The number of rotatable bonds is 4. The number of amides is 1. The number of allylic oxidation sites excluding steroid dienone is 2. The number of hydrogen-bond donors (Lipinski definition) is 2. The quantitative estimate of drug-likeness (QED) is 0.263. The lowest BCUT2D eigenvalue weighted by Gasteiger charge is -2.24. The molecule has 0 bridgehead atoms. The van der Waals surface area contributed by atoms with Gasteiger partial charge >= 0.3 is 5.97 Å². The van der Waals surface area contributed by atoms with Crippen molar-refractivity contribution in [3.8, 4) is 0 Å². The monoisotopic (exact) mass is 501 g/mol. The Morgan fingerprint density at radius 1 is 1.11 bits per heavy atom. The lowest BCUT2D eigenvalue weighted by atomic mass is 10.1. The first kappa shape index (κ1) is 22.7. The molecule has 1 aliphatic heterocycles. The molecule has 4 aromatic rings. The highest BCUT2D eigenvalue weighted by Crippen LogP contribution is 2.32. The second-order valence-corrected chi connectivity index (χ2v) is 9.25. The van der Waals surface area contributed by atoms with Crippen LogP contribution in [0.4, 0.5) is 5.69 Å². The highest BCUT2D eigenvalue weighted by atomic mass is 32.2. The molecule has 7 nitrogen and oxygen atoms in total. The number of benzene rings is 2. The van der Waals surface area contributed by atoms with Gasteiger partial charge in [0.2, 0.25) is 0 Å². The van der Waals surface area contributed by atoms with Crippen molar-refractivity contribution in [3.05, 3.63) is 95.1 Å². The molecule has 2 aromatic carbocycles. The number of thiocarbonyl (C=S) groups is 1. The Morgan fingerprint density at radius 3 is 2.71 bits per heavy atom. The van der Waals surface area contributed by atoms with Gasteiger partial charge in [0, 0.05) is 24.1 Å². The third kappa shape index (κ3) is 4.27. The summed E-state index contributed by atoms with van der Waals surface area (Å²) in [7, 11) is 1.97. The average molecular weight is 502 g/mol. The van der Waals surface area contributed by atoms with Crippen molar-refractivity contribution in [2.75, 3.05) is 5.43 Å². The van der Waals surface area contributed by atoms with Crippen LogP contribution >= 0.6 is 24.0 Å². The minimum Gasteiger partial charge on any atom is -0.478 e.